The van der Waals surface area contributed by atoms with Gasteiger partial charge in [0.15, 0.2) is 5.82 Å². The second-order valence-corrected chi connectivity index (χ2v) is 7.71. The number of benzene rings is 1. The summed E-state index contributed by atoms with van der Waals surface area (Å²) in [5.74, 6) is 0.795. The molecule has 0 unspecified atom stereocenters. The van der Waals surface area contributed by atoms with Crippen LogP contribution in [0.5, 0.6) is 0 Å². The quantitative estimate of drug-likeness (QED) is 0.814. The lowest BCUT2D eigenvalue weighted by Crippen LogP contribution is -2.56. The van der Waals surface area contributed by atoms with E-state index in [1.807, 2.05) is 30.3 Å². The van der Waals surface area contributed by atoms with Gasteiger partial charge < -0.3 is 20.1 Å². The first kappa shape index (κ1) is 17.8. The molecule has 2 fully saturated rings. The van der Waals surface area contributed by atoms with Gasteiger partial charge in [-0.2, -0.15) is 9.36 Å². The third-order valence-electron chi connectivity index (χ3n) is 4.86. The SMILES string of the molecule is O[C@@]1(CN2CCN(c3nc(-c4ccccc4)ns3)CC2)CNCCOC1. The van der Waals surface area contributed by atoms with Gasteiger partial charge in [-0.1, -0.05) is 30.3 Å². The lowest BCUT2D eigenvalue weighted by atomic mass is 10.0. The van der Waals surface area contributed by atoms with Crippen molar-refractivity contribution in [3.63, 3.8) is 0 Å². The van der Waals surface area contributed by atoms with Gasteiger partial charge in [0.05, 0.1) is 13.2 Å². The highest BCUT2D eigenvalue weighted by molar-refractivity contribution is 7.09. The molecule has 2 aromatic rings. The van der Waals surface area contributed by atoms with Crippen LogP contribution in [0.15, 0.2) is 30.3 Å². The van der Waals surface area contributed by atoms with Crippen molar-refractivity contribution >= 4 is 16.7 Å². The molecular formula is C18H25N5O2S. The number of nitrogens with one attached hydrogen (secondary N) is 1. The highest BCUT2D eigenvalue weighted by Crippen LogP contribution is 2.25. The average molecular weight is 375 g/mol. The minimum absolute atomic E-state index is 0.400. The summed E-state index contributed by atoms with van der Waals surface area (Å²) >= 11 is 1.46. The Bertz CT molecular complexity index is 695. The zero-order chi connectivity index (χ0) is 17.8. The first-order valence-corrected chi connectivity index (χ1v) is 9.87. The van der Waals surface area contributed by atoms with Gasteiger partial charge in [0.1, 0.15) is 5.60 Å². The van der Waals surface area contributed by atoms with Crippen LogP contribution in [0.25, 0.3) is 11.4 Å². The van der Waals surface area contributed by atoms with Gasteiger partial charge in [-0.25, -0.2) is 0 Å². The number of β-amino-alcohol motifs (C(OH)–C–C–N with tert-alkyl or cyclic N) is 1. The summed E-state index contributed by atoms with van der Waals surface area (Å²) in [6.07, 6.45) is 0. The Labute approximate surface area is 157 Å². The van der Waals surface area contributed by atoms with Crippen molar-refractivity contribution in [1.82, 2.24) is 19.6 Å². The number of nitrogens with zero attached hydrogens (tertiary/aromatic N) is 4. The molecule has 2 aliphatic rings. The summed E-state index contributed by atoms with van der Waals surface area (Å²) in [4.78, 5) is 9.30. The van der Waals surface area contributed by atoms with Crippen LogP contribution in [0.2, 0.25) is 0 Å². The van der Waals surface area contributed by atoms with E-state index in [0.717, 1.165) is 49.2 Å². The van der Waals surface area contributed by atoms with E-state index in [0.29, 0.717) is 26.3 Å². The van der Waals surface area contributed by atoms with Crippen LogP contribution >= 0.6 is 11.5 Å². The fraction of sp³-hybridized carbons (Fsp3) is 0.556. The van der Waals surface area contributed by atoms with Gasteiger partial charge >= 0.3 is 0 Å². The molecule has 0 aliphatic carbocycles. The third-order valence-corrected chi connectivity index (χ3v) is 5.63. The number of piperazine rings is 1. The van der Waals surface area contributed by atoms with Crippen LogP contribution in [0.3, 0.4) is 0 Å². The molecule has 7 nitrogen and oxygen atoms in total. The van der Waals surface area contributed by atoms with Crippen molar-refractivity contribution < 1.29 is 9.84 Å². The van der Waals surface area contributed by atoms with Crippen molar-refractivity contribution in [2.24, 2.45) is 0 Å². The van der Waals surface area contributed by atoms with Crippen LogP contribution in [0, 0.1) is 0 Å². The molecule has 0 saturated carbocycles. The molecule has 8 heteroatoms. The number of aromatic nitrogens is 2. The number of rotatable bonds is 4. The van der Waals surface area contributed by atoms with Crippen LogP contribution in [0.1, 0.15) is 0 Å². The summed E-state index contributed by atoms with van der Waals surface area (Å²) in [7, 11) is 0. The van der Waals surface area contributed by atoms with E-state index in [2.05, 4.69) is 19.5 Å². The number of hydrogen-bond acceptors (Lipinski definition) is 8. The molecule has 1 aromatic heterocycles. The van der Waals surface area contributed by atoms with Crippen molar-refractivity contribution in [1.29, 1.82) is 0 Å². The highest BCUT2D eigenvalue weighted by Gasteiger charge is 2.32. The summed E-state index contributed by atoms with van der Waals surface area (Å²) in [5, 5.41) is 15.0. The first-order valence-electron chi connectivity index (χ1n) is 9.09. The Morgan fingerprint density at radius 3 is 2.81 bits per heavy atom. The Hall–Kier alpha value is -1.58. The van der Waals surface area contributed by atoms with Gasteiger partial charge in [0.2, 0.25) is 5.13 Å². The van der Waals surface area contributed by atoms with Crippen LogP contribution in [0.4, 0.5) is 5.13 Å². The second-order valence-electron chi connectivity index (χ2n) is 6.98. The molecule has 0 spiro atoms. The fourth-order valence-electron chi connectivity index (χ4n) is 3.44. The van der Waals surface area contributed by atoms with E-state index in [9.17, 15) is 5.11 Å². The van der Waals surface area contributed by atoms with E-state index in [1.165, 1.54) is 11.5 Å². The summed E-state index contributed by atoms with van der Waals surface area (Å²) < 4.78 is 10.0. The fourth-order valence-corrected chi connectivity index (χ4v) is 4.18. The van der Waals surface area contributed by atoms with E-state index in [-0.39, 0.29) is 0 Å². The Morgan fingerprint density at radius 2 is 2.00 bits per heavy atom. The van der Waals surface area contributed by atoms with Gasteiger partial charge in [0, 0.05) is 62.9 Å². The predicted octanol–water partition coefficient (Wildman–Crippen LogP) is 0.678. The normalized spacial score (nSPS) is 25.2. The zero-order valence-corrected chi connectivity index (χ0v) is 15.6. The molecule has 2 N–H and O–H groups in total. The summed E-state index contributed by atoms with van der Waals surface area (Å²) in [6.45, 7) is 6.70. The van der Waals surface area contributed by atoms with E-state index in [4.69, 9.17) is 9.72 Å². The van der Waals surface area contributed by atoms with Gasteiger partial charge in [-0.3, -0.25) is 4.90 Å². The van der Waals surface area contributed by atoms with Crippen molar-refractivity contribution in [2.45, 2.75) is 5.60 Å². The minimum atomic E-state index is -0.804. The highest BCUT2D eigenvalue weighted by atomic mass is 32.1. The molecular weight excluding hydrogens is 350 g/mol. The molecule has 0 amide bonds. The maximum Gasteiger partial charge on any atom is 0.205 e. The largest absolute Gasteiger partial charge is 0.385 e. The first-order chi connectivity index (χ1) is 12.7. The van der Waals surface area contributed by atoms with Crippen LogP contribution in [-0.4, -0.2) is 84.0 Å². The maximum atomic E-state index is 10.8. The Morgan fingerprint density at radius 1 is 1.19 bits per heavy atom. The number of anilines is 1. The van der Waals surface area contributed by atoms with Gasteiger partial charge in [0.25, 0.3) is 0 Å². The summed E-state index contributed by atoms with van der Waals surface area (Å²) in [6, 6.07) is 10.1. The zero-order valence-electron chi connectivity index (χ0n) is 14.8. The predicted molar refractivity (Wildman–Crippen MR) is 103 cm³/mol. The maximum absolute atomic E-state index is 10.8. The van der Waals surface area contributed by atoms with Crippen molar-refractivity contribution in [3.05, 3.63) is 30.3 Å². The third kappa shape index (κ3) is 4.21. The minimum Gasteiger partial charge on any atom is -0.385 e. The Balaban J connectivity index is 1.33. The van der Waals surface area contributed by atoms with E-state index in [1.54, 1.807) is 0 Å². The van der Waals surface area contributed by atoms with E-state index < -0.39 is 5.60 Å². The lowest BCUT2D eigenvalue weighted by molar-refractivity contribution is -0.0495. The number of hydrogen-bond donors (Lipinski definition) is 2. The summed E-state index contributed by atoms with van der Waals surface area (Å²) in [5.41, 5.74) is 0.249. The van der Waals surface area contributed by atoms with Crippen LogP contribution < -0.4 is 10.2 Å². The number of aliphatic hydroxyl groups is 1. The smallest absolute Gasteiger partial charge is 0.205 e. The van der Waals surface area contributed by atoms with Crippen LogP contribution in [-0.2, 0) is 4.74 Å². The molecule has 140 valence electrons. The monoisotopic (exact) mass is 375 g/mol. The second kappa shape index (κ2) is 7.98. The molecule has 1 atom stereocenters. The lowest BCUT2D eigenvalue weighted by Gasteiger charge is -2.38. The standard InChI is InChI=1S/C18H25N5O2S/c24-18(12-19-6-11-25-14-18)13-22-7-9-23(10-8-22)17-20-16(21-26-17)15-4-2-1-3-5-15/h1-5,19,24H,6-14H2/t18-/m1/s1. The molecule has 26 heavy (non-hydrogen) atoms. The molecule has 0 radical (unpaired) electrons. The molecule has 2 aliphatic heterocycles. The topological polar surface area (TPSA) is 73.8 Å². The molecule has 0 bridgehead atoms. The molecule has 3 heterocycles. The van der Waals surface area contributed by atoms with Crippen molar-refractivity contribution in [2.75, 3.05) is 63.9 Å². The van der Waals surface area contributed by atoms with Crippen molar-refractivity contribution in [3.8, 4) is 11.4 Å². The Kier molecular flexibility index (Phi) is 5.46. The molecule has 1 aromatic carbocycles. The number of ether oxygens (including phenoxy) is 1. The molecule has 4 rings (SSSR count). The van der Waals surface area contributed by atoms with Gasteiger partial charge in [-0.15, -0.1) is 0 Å². The molecule has 2 saturated heterocycles. The average Bonchev–Trinajstić information content (AvgIpc) is 3.07. The van der Waals surface area contributed by atoms with E-state index >= 15 is 0 Å². The van der Waals surface area contributed by atoms with Gasteiger partial charge in [-0.05, 0) is 0 Å².